The van der Waals surface area contributed by atoms with Crippen LogP contribution in [0.25, 0.3) is 0 Å². The number of para-hydroxylation sites is 1. The van der Waals surface area contributed by atoms with Gasteiger partial charge in [-0.3, -0.25) is 0 Å². The van der Waals surface area contributed by atoms with Gasteiger partial charge in [0.2, 0.25) is 0 Å². The van der Waals surface area contributed by atoms with Crippen molar-refractivity contribution in [1.82, 2.24) is 5.32 Å². The normalized spacial score (nSPS) is 17.7. The van der Waals surface area contributed by atoms with Crippen molar-refractivity contribution in [2.45, 2.75) is 4.90 Å². The standard InChI is InChI=1S/C10H6N3OS/c14-10-11-5-8-9(13-10)12-6-3-1-2-4-7(6)15-8/h1-5,12H. The van der Waals surface area contributed by atoms with E-state index in [0.717, 1.165) is 15.5 Å². The van der Waals surface area contributed by atoms with Crippen LogP contribution in [0, 0.1) is 0 Å². The van der Waals surface area contributed by atoms with Crippen molar-refractivity contribution < 1.29 is 4.79 Å². The lowest BCUT2D eigenvalue weighted by Gasteiger charge is -2.22. The molecule has 1 N–H and O–H groups in total. The van der Waals surface area contributed by atoms with Crippen LogP contribution in [0.4, 0.5) is 10.5 Å². The first-order valence-electron chi connectivity index (χ1n) is 4.41. The molecule has 0 aromatic heterocycles. The van der Waals surface area contributed by atoms with Crippen LogP contribution in [0.5, 0.6) is 0 Å². The Morgan fingerprint density at radius 2 is 2.13 bits per heavy atom. The second-order valence-corrected chi connectivity index (χ2v) is 4.17. The van der Waals surface area contributed by atoms with Gasteiger partial charge in [0.25, 0.3) is 0 Å². The zero-order chi connectivity index (χ0) is 10.3. The van der Waals surface area contributed by atoms with Gasteiger partial charge in [-0.25, -0.2) is 4.79 Å². The summed E-state index contributed by atoms with van der Waals surface area (Å²) >= 11 is 1.56. The number of anilines is 1. The summed E-state index contributed by atoms with van der Waals surface area (Å²) in [5, 5.41) is 6.92. The molecular formula is C10H6N3OS. The van der Waals surface area contributed by atoms with Crippen molar-refractivity contribution >= 4 is 29.7 Å². The fourth-order valence-electron chi connectivity index (χ4n) is 1.42. The minimum absolute atomic E-state index is 0.457. The molecule has 0 saturated carbocycles. The van der Waals surface area contributed by atoms with Crippen molar-refractivity contribution in [2.24, 2.45) is 4.99 Å². The number of carbonyl (C=O) groups is 1. The van der Waals surface area contributed by atoms with Crippen LogP contribution in [-0.4, -0.2) is 12.2 Å². The van der Waals surface area contributed by atoms with E-state index in [2.05, 4.69) is 15.6 Å². The Bertz CT molecular complexity index is 507. The molecule has 0 atom stereocenters. The number of nitrogens with one attached hydrogen (secondary N) is 1. The number of rotatable bonds is 0. The van der Waals surface area contributed by atoms with Gasteiger partial charge in [0.05, 0.1) is 16.8 Å². The van der Waals surface area contributed by atoms with Gasteiger partial charge in [-0.15, -0.1) is 0 Å². The molecule has 2 aliphatic heterocycles. The number of allylic oxidation sites excluding steroid dienone is 1. The summed E-state index contributed by atoms with van der Waals surface area (Å²) in [6, 6.07) is 7.43. The van der Waals surface area contributed by atoms with Gasteiger partial charge in [0.15, 0.2) is 5.82 Å². The largest absolute Gasteiger partial charge is 0.369 e. The third kappa shape index (κ3) is 1.41. The summed E-state index contributed by atoms with van der Waals surface area (Å²) < 4.78 is 0. The molecule has 73 valence electrons. The van der Waals surface area contributed by atoms with Gasteiger partial charge in [-0.2, -0.15) is 10.3 Å². The van der Waals surface area contributed by atoms with E-state index in [1.807, 2.05) is 24.3 Å². The third-order valence-corrected chi connectivity index (χ3v) is 3.19. The lowest BCUT2D eigenvalue weighted by atomic mass is 10.3. The quantitative estimate of drug-likeness (QED) is 0.723. The highest BCUT2D eigenvalue weighted by molar-refractivity contribution is 8.04. The minimum Gasteiger partial charge on any atom is -0.338 e. The predicted octanol–water partition coefficient (Wildman–Crippen LogP) is 2.18. The van der Waals surface area contributed by atoms with E-state index in [4.69, 9.17) is 0 Å². The average molecular weight is 216 g/mol. The predicted molar refractivity (Wildman–Crippen MR) is 59.0 cm³/mol. The highest BCUT2D eigenvalue weighted by Gasteiger charge is 2.22. The van der Waals surface area contributed by atoms with Crippen molar-refractivity contribution in [3.05, 3.63) is 35.0 Å². The number of nitrogens with zero attached hydrogens (tertiary/aromatic N) is 2. The number of fused-ring (bicyclic) bond motifs is 1. The van der Waals surface area contributed by atoms with Crippen LogP contribution >= 0.6 is 11.8 Å². The van der Waals surface area contributed by atoms with Crippen LogP contribution in [-0.2, 0) is 0 Å². The summed E-state index contributed by atoms with van der Waals surface area (Å²) in [6.07, 6.45) is 1.55. The van der Waals surface area contributed by atoms with Gasteiger partial charge < -0.3 is 5.32 Å². The molecule has 2 amide bonds. The van der Waals surface area contributed by atoms with Crippen molar-refractivity contribution in [1.29, 1.82) is 0 Å². The molecule has 1 aromatic carbocycles. The zero-order valence-corrected chi connectivity index (χ0v) is 8.41. The molecular weight excluding hydrogens is 210 g/mol. The summed E-state index contributed by atoms with van der Waals surface area (Å²) in [4.78, 5) is 16.6. The Kier molecular flexibility index (Phi) is 1.78. The van der Waals surface area contributed by atoms with Crippen molar-refractivity contribution in [2.75, 3.05) is 5.32 Å². The number of hydrogen-bond donors (Lipinski definition) is 1. The number of amides is 2. The molecule has 1 radical (unpaired) electrons. The van der Waals surface area contributed by atoms with Gasteiger partial charge in [0, 0.05) is 4.90 Å². The van der Waals surface area contributed by atoms with E-state index in [1.54, 1.807) is 18.0 Å². The summed E-state index contributed by atoms with van der Waals surface area (Å²) in [7, 11) is 0. The molecule has 2 aliphatic rings. The molecule has 15 heavy (non-hydrogen) atoms. The Labute approximate surface area is 90.5 Å². The van der Waals surface area contributed by atoms with Gasteiger partial charge in [-0.1, -0.05) is 23.9 Å². The minimum atomic E-state index is -0.457. The summed E-state index contributed by atoms with van der Waals surface area (Å²) in [5.41, 5.74) is 0.980. The lowest BCUT2D eigenvalue weighted by molar-refractivity contribution is 0.251. The van der Waals surface area contributed by atoms with Gasteiger partial charge in [0.1, 0.15) is 0 Å². The number of benzene rings is 1. The second-order valence-electron chi connectivity index (χ2n) is 3.09. The number of urea groups is 1. The van der Waals surface area contributed by atoms with E-state index in [9.17, 15) is 4.79 Å². The van der Waals surface area contributed by atoms with Crippen molar-refractivity contribution in [3.63, 3.8) is 0 Å². The third-order valence-electron chi connectivity index (χ3n) is 2.09. The Hall–Kier alpha value is -1.75. The van der Waals surface area contributed by atoms with E-state index >= 15 is 0 Å². The topological polar surface area (TPSA) is 55.6 Å². The summed E-state index contributed by atoms with van der Waals surface area (Å²) in [6.45, 7) is 0. The van der Waals surface area contributed by atoms with E-state index in [0.29, 0.717) is 5.82 Å². The van der Waals surface area contributed by atoms with E-state index in [1.165, 1.54) is 0 Å². The Morgan fingerprint density at radius 1 is 1.27 bits per heavy atom. The molecule has 5 heteroatoms. The number of carbonyl (C=O) groups excluding carboxylic acids is 1. The SMILES string of the molecule is O=C1[N]C2=C(C=N1)Sc1ccccc1N2. The molecule has 1 aromatic rings. The Morgan fingerprint density at radius 3 is 3.07 bits per heavy atom. The first kappa shape index (κ1) is 8.55. The fourth-order valence-corrected chi connectivity index (χ4v) is 2.34. The molecule has 0 aliphatic carbocycles. The lowest BCUT2D eigenvalue weighted by Crippen LogP contribution is -2.24. The number of aliphatic imine (C=N–C) groups is 1. The average Bonchev–Trinajstić information content (AvgIpc) is 2.26. The molecule has 3 rings (SSSR count). The smallest absolute Gasteiger partial charge is 0.338 e. The molecule has 0 fully saturated rings. The second kappa shape index (κ2) is 3.13. The molecule has 0 spiro atoms. The van der Waals surface area contributed by atoms with Gasteiger partial charge >= 0.3 is 6.03 Å². The first-order valence-corrected chi connectivity index (χ1v) is 5.22. The van der Waals surface area contributed by atoms with E-state index in [-0.39, 0.29) is 0 Å². The Balaban J connectivity index is 2.02. The van der Waals surface area contributed by atoms with Crippen LogP contribution < -0.4 is 10.6 Å². The number of hydrogen-bond acceptors (Lipinski definition) is 3. The fraction of sp³-hybridized carbons (Fsp3) is 0. The maximum absolute atomic E-state index is 11.0. The highest BCUT2D eigenvalue weighted by atomic mass is 32.2. The molecule has 0 saturated heterocycles. The molecule has 0 unspecified atom stereocenters. The molecule has 2 heterocycles. The maximum Gasteiger partial charge on any atom is 0.369 e. The monoisotopic (exact) mass is 216 g/mol. The van der Waals surface area contributed by atoms with Crippen LogP contribution in [0.3, 0.4) is 0 Å². The van der Waals surface area contributed by atoms with Gasteiger partial charge in [-0.05, 0) is 12.1 Å². The molecule has 4 nitrogen and oxygen atoms in total. The first-order chi connectivity index (χ1) is 7.33. The van der Waals surface area contributed by atoms with Crippen LogP contribution in [0.15, 0.2) is 44.9 Å². The maximum atomic E-state index is 11.0. The highest BCUT2D eigenvalue weighted by Crippen LogP contribution is 2.38. The van der Waals surface area contributed by atoms with E-state index < -0.39 is 6.03 Å². The van der Waals surface area contributed by atoms with Crippen LogP contribution in [0.1, 0.15) is 0 Å². The van der Waals surface area contributed by atoms with Crippen molar-refractivity contribution in [3.8, 4) is 0 Å². The zero-order valence-electron chi connectivity index (χ0n) is 7.60. The summed E-state index contributed by atoms with van der Waals surface area (Å²) in [5.74, 6) is 0.596. The number of thioether (sulfide) groups is 1. The van der Waals surface area contributed by atoms with Crippen LogP contribution in [0.2, 0.25) is 0 Å². The molecule has 0 bridgehead atoms.